The van der Waals surface area contributed by atoms with Crippen LogP contribution in [0.2, 0.25) is 0 Å². The van der Waals surface area contributed by atoms with Crippen molar-refractivity contribution >= 4 is 6.29 Å². The summed E-state index contributed by atoms with van der Waals surface area (Å²) in [4.78, 5) is 11.8. The lowest BCUT2D eigenvalue weighted by molar-refractivity contribution is -0.130. The van der Waals surface area contributed by atoms with Gasteiger partial charge in [0, 0.05) is 11.3 Å². The van der Waals surface area contributed by atoms with Crippen LogP contribution in [0.5, 0.6) is 0 Å². The van der Waals surface area contributed by atoms with E-state index in [4.69, 9.17) is 0 Å². The van der Waals surface area contributed by atoms with Crippen LogP contribution in [0.15, 0.2) is 18.2 Å². The first-order valence-corrected chi connectivity index (χ1v) is 8.59. The van der Waals surface area contributed by atoms with Crippen LogP contribution in [0.4, 0.5) is 0 Å². The molecule has 0 aliphatic heterocycles. The van der Waals surface area contributed by atoms with Gasteiger partial charge in [-0.05, 0) is 47.3 Å². The van der Waals surface area contributed by atoms with Crippen molar-refractivity contribution in [3.05, 3.63) is 34.9 Å². The van der Waals surface area contributed by atoms with E-state index in [0.717, 1.165) is 25.5 Å². The summed E-state index contributed by atoms with van der Waals surface area (Å²) in [7, 11) is 0. The van der Waals surface area contributed by atoms with Crippen molar-refractivity contribution in [1.29, 1.82) is 0 Å². The number of hydrogen-bond donors (Lipinski definition) is 1. The Morgan fingerprint density at radius 3 is 2.64 bits per heavy atom. The summed E-state index contributed by atoms with van der Waals surface area (Å²) in [6.45, 7) is 8.71. The van der Waals surface area contributed by atoms with E-state index in [2.05, 4.69) is 39.0 Å². The highest BCUT2D eigenvalue weighted by Crippen LogP contribution is 2.56. The molecule has 3 rings (SSSR count). The Balaban J connectivity index is 2.13. The Bertz CT molecular complexity index is 591. The summed E-state index contributed by atoms with van der Waals surface area (Å²) < 4.78 is 0. The molecule has 1 saturated carbocycles. The van der Waals surface area contributed by atoms with Crippen molar-refractivity contribution < 1.29 is 9.90 Å². The normalized spacial score (nSPS) is 37.5. The maximum absolute atomic E-state index is 11.8. The lowest BCUT2D eigenvalue weighted by atomic mass is 9.49. The Morgan fingerprint density at radius 2 is 2.00 bits per heavy atom. The van der Waals surface area contributed by atoms with E-state index in [1.807, 2.05) is 6.92 Å². The number of carbonyl (C=O) groups excluding carboxylic acids is 1. The fraction of sp³-hybridized carbons (Fsp3) is 0.650. The van der Waals surface area contributed by atoms with Crippen LogP contribution in [0, 0.1) is 11.3 Å². The van der Waals surface area contributed by atoms with Crippen molar-refractivity contribution in [2.45, 2.75) is 70.8 Å². The Kier molecular flexibility index (Phi) is 3.71. The molecule has 0 amide bonds. The number of benzene rings is 1. The topological polar surface area (TPSA) is 37.3 Å². The van der Waals surface area contributed by atoms with Crippen LogP contribution < -0.4 is 0 Å². The van der Waals surface area contributed by atoms with Crippen molar-refractivity contribution in [1.82, 2.24) is 0 Å². The van der Waals surface area contributed by atoms with Gasteiger partial charge in [0.2, 0.25) is 0 Å². The van der Waals surface area contributed by atoms with E-state index in [9.17, 15) is 9.90 Å². The van der Waals surface area contributed by atoms with Crippen molar-refractivity contribution in [2.75, 3.05) is 0 Å². The first-order chi connectivity index (χ1) is 10.3. The zero-order valence-corrected chi connectivity index (χ0v) is 14.2. The third-order valence-electron chi connectivity index (χ3n) is 6.30. The second-order valence-electron chi connectivity index (χ2n) is 8.22. The minimum atomic E-state index is -0.421. The smallest absolute Gasteiger partial charge is 0.126 e. The van der Waals surface area contributed by atoms with E-state index in [1.54, 1.807) is 0 Å². The minimum Gasteiger partial charge on any atom is -0.392 e. The molecule has 0 saturated heterocycles. The van der Waals surface area contributed by atoms with E-state index in [0.29, 0.717) is 12.3 Å². The summed E-state index contributed by atoms with van der Waals surface area (Å²) in [5.74, 6) is 0.531. The standard InChI is InChI=1S/C20H28O2/c1-13(2)14-6-7-16-15(10-14)11-17(22)18-19(3,12-21)8-5-9-20(16,18)4/h6-7,10,12-13,17-18,22H,5,8-9,11H2,1-4H3/t17-,18?,19+,20+/m0/s1. The van der Waals surface area contributed by atoms with Gasteiger partial charge < -0.3 is 9.90 Å². The average molecular weight is 300 g/mol. The van der Waals surface area contributed by atoms with Gasteiger partial charge in [-0.15, -0.1) is 0 Å². The Labute approximate surface area is 133 Å². The largest absolute Gasteiger partial charge is 0.392 e. The molecular formula is C20H28O2. The third kappa shape index (κ3) is 2.15. The average Bonchev–Trinajstić information content (AvgIpc) is 2.46. The van der Waals surface area contributed by atoms with Crippen LogP contribution in [-0.4, -0.2) is 17.5 Å². The van der Waals surface area contributed by atoms with Crippen molar-refractivity contribution in [2.24, 2.45) is 11.3 Å². The molecule has 0 radical (unpaired) electrons. The van der Waals surface area contributed by atoms with Gasteiger partial charge in [0.25, 0.3) is 0 Å². The van der Waals surface area contributed by atoms with E-state index in [1.165, 1.54) is 16.7 Å². The summed E-state index contributed by atoms with van der Waals surface area (Å²) in [5, 5.41) is 10.9. The molecular weight excluding hydrogens is 272 g/mol. The highest BCUT2D eigenvalue weighted by Gasteiger charge is 2.55. The number of rotatable bonds is 2. The fourth-order valence-electron chi connectivity index (χ4n) is 5.22. The number of aliphatic hydroxyl groups excluding tert-OH is 1. The van der Waals surface area contributed by atoms with Gasteiger partial charge in [-0.2, -0.15) is 0 Å². The molecule has 0 heterocycles. The molecule has 2 aliphatic carbocycles. The fourth-order valence-corrected chi connectivity index (χ4v) is 5.22. The second kappa shape index (κ2) is 5.19. The molecule has 1 unspecified atom stereocenters. The molecule has 2 nitrogen and oxygen atoms in total. The molecule has 4 atom stereocenters. The van der Waals surface area contributed by atoms with Gasteiger partial charge in [0.15, 0.2) is 0 Å². The van der Waals surface area contributed by atoms with Crippen molar-refractivity contribution in [3.8, 4) is 0 Å². The van der Waals surface area contributed by atoms with Gasteiger partial charge in [0.1, 0.15) is 6.29 Å². The predicted molar refractivity (Wildman–Crippen MR) is 89.1 cm³/mol. The van der Waals surface area contributed by atoms with Crippen LogP contribution >= 0.6 is 0 Å². The Morgan fingerprint density at radius 1 is 1.27 bits per heavy atom. The molecule has 22 heavy (non-hydrogen) atoms. The van der Waals surface area contributed by atoms with Gasteiger partial charge in [-0.1, -0.05) is 52.3 Å². The summed E-state index contributed by atoms with van der Waals surface area (Å²) in [5.41, 5.74) is 3.49. The van der Waals surface area contributed by atoms with Gasteiger partial charge in [-0.3, -0.25) is 0 Å². The zero-order chi connectivity index (χ0) is 16.1. The molecule has 1 aromatic rings. The van der Waals surface area contributed by atoms with Crippen LogP contribution in [0.25, 0.3) is 0 Å². The third-order valence-corrected chi connectivity index (χ3v) is 6.30. The zero-order valence-electron chi connectivity index (χ0n) is 14.2. The highest BCUT2D eigenvalue weighted by molar-refractivity contribution is 5.61. The van der Waals surface area contributed by atoms with Gasteiger partial charge >= 0.3 is 0 Å². The monoisotopic (exact) mass is 300 g/mol. The van der Waals surface area contributed by atoms with Crippen LogP contribution in [0.1, 0.15) is 69.6 Å². The van der Waals surface area contributed by atoms with E-state index >= 15 is 0 Å². The second-order valence-corrected chi connectivity index (χ2v) is 8.22. The number of fused-ring (bicyclic) bond motifs is 3. The molecule has 2 aliphatic rings. The quantitative estimate of drug-likeness (QED) is 0.839. The van der Waals surface area contributed by atoms with Crippen molar-refractivity contribution in [3.63, 3.8) is 0 Å². The van der Waals surface area contributed by atoms with E-state index < -0.39 is 11.5 Å². The lowest BCUT2D eigenvalue weighted by Gasteiger charge is -2.55. The molecule has 0 spiro atoms. The minimum absolute atomic E-state index is 0.0312. The van der Waals surface area contributed by atoms with Crippen LogP contribution in [-0.2, 0) is 16.6 Å². The first-order valence-electron chi connectivity index (χ1n) is 8.59. The molecule has 2 heteroatoms. The van der Waals surface area contributed by atoms with Crippen LogP contribution in [0.3, 0.4) is 0 Å². The van der Waals surface area contributed by atoms with Gasteiger partial charge in [-0.25, -0.2) is 0 Å². The maximum Gasteiger partial charge on any atom is 0.126 e. The lowest BCUT2D eigenvalue weighted by Crippen LogP contribution is -2.56. The molecule has 0 aromatic heterocycles. The SMILES string of the molecule is CC(C)c1ccc2c(c1)C[C@H](O)C1[C@@](C)(C=O)CCC[C@]21C. The summed E-state index contributed by atoms with van der Waals surface area (Å²) in [6, 6.07) is 6.77. The predicted octanol–water partition coefficient (Wildman–Crippen LogP) is 3.99. The number of aliphatic hydroxyl groups is 1. The van der Waals surface area contributed by atoms with E-state index in [-0.39, 0.29) is 11.3 Å². The molecule has 1 fully saturated rings. The molecule has 1 N–H and O–H groups in total. The summed E-state index contributed by atoms with van der Waals surface area (Å²) in [6.07, 6.45) is 4.38. The number of hydrogen-bond acceptors (Lipinski definition) is 2. The first kappa shape index (κ1) is 15.7. The summed E-state index contributed by atoms with van der Waals surface area (Å²) >= 11 is 0. The number of aldehydes is 1. The molecule has 1 aromatic carbocycles. The van der Waals surface area contributed by atoms with Gasteiger partial charge in [0.05, 0.1) is 6.10 Å². The number of carbonyl (C=O) groups is 1. The Hall–Kier alpha value is -1.15. The maximum atomic E-state index is 11.8. The molecule has 0 bridgehead atoms. The highest BCUT2D eigenvalue weighted by atomic mass is 16.3. The molecule has 120 valence electrons.